The van der Waals surface area contributed by atoms with Gasteiger partial charge in [-0.15, -0.1) is 0 Å². The molecule has 0 amide bonds. The minimum atomic E-state index is 0.122. The van der Waals surface area contributed by atoms with Gasteiger partial charge in [0.25, 0.3) is 0 Å². The summed E-state index contributed by atoms with van der Waals surface area (Å²) in [6.07, 6.45) is 0. The molecule has 0 saturated heterocycles. The van der Waals surface area contributed by atoms with Crippen molar-refractivity contribution in [3.8, 4) is 5.75 Å². The van der Waals surface area contributed by atoms with E-state index in [1.54, 1.807) is 24.1 Å². The molecule has 1 aliphatic heterocycles. The lowest BCUT2D eigenvalue weighted by atomic mass is 10.2. The Labute approximate surface area is 161 Å². The highest BCUT2D eigenvalue weighted by Gasteiger charge is 2.32. The van der Waals surface area contributed by atoms with Gasteiger partial charge < -0.3 is 19.3 Å². The van der Waals surface area contributed by atoms with E-state index in [-0.39, 0.29) is 18.1 Å². The van der Waals surface area contributed by atoms with Crippen LogP contribution in [0.2, 0.25) is 5.02 Å². The molecule has 0 bridgehead atoms. The average molecular weight is 383 g/mol. The van der Waals surface area contributed by atoms with Crippen molar-refractivity contribution in [2.45, 2.75) is 13.5 Å². The molecule has 0 aliphatic carbocycles. The van der Waals surface area contributed by atoms with Crippen molar-refractivity contribution in [2.75, 3.05) is 18.6 Å². The van der Waals surface area contributed by atoms with Crippen molar-refractivity contribution in [2.24, 2.45) is 0 Å². The molecule has 0 fully saturated rings. The zero-order valence-corrected chi connectivity index (χ0v) is 15.8. The molecule has 2 N–H and O–H groups in total. The summed E-state index contributed by atoms with van der Waals surface area (Å²) in [5.74, 6) is 1.48. The number of aryl methyl sites for hydroxylation is 1. The number of nitrogens with zero attached hydrogens (tertiary/aromatic N) is 3. The molecule has 2 heterocycles. The van der Waals surface area contributed by atoms with Gasteiger partial charge in [0.2, 0.25) is 0 Å². The van der Waals surface area contributed by atoms with Crippen LogP contribution in [0.15, 0.2) is 48.2 Å². The zero-order chi connectivity index (χ0) is 19.1. The molecule has 6 nitrogen and oxygen atoms in total. The predicted octanol–water partition coefficient (Wildman–Crippen LogP) is 4.48. The van der Waals surface area contributed by atoms with Crippen LogP contribution in [0.3, 0.4) is 0 Å². The third-order valence-electron chi connectivity index (χ3n) is 4.74. The van der Waals surface area contributed by atoms with Gasteiger partial charge in [-0.3, -0.25) is 5.41 Å². The monoisotopic (exact) mass is 382 g/mol. The van der Waals surface area contributed by atoms with E-state index < -0.39 is 0 Å². The van der Waals surface area contributed by atoms with Gasteiger partial charge in [-0.1, -0.05) is 23.7 Å². The SMILES string of the molecule is CCn1c(C2=C(O)CN(c3ccc(OC)c(Cl)c3)C2=N)nc2ccccc21. The van der Waals surface area contributed by atoms with E-state index in [2.05, 4.69) is 4.98 Å². The molecule has 138 valence electrons. The molecule has 27 heavy (non-hydrogen) atoms. The minimum Gasteiger partial charge on any atom is -0.509 e. The molecule has 0 spiro atoms. The number of aliphatic hydroxyl groups is 1. The Morgan fingerprint density at radius 2 is 2.04 bits per heavy atom. The number of benzene rings is 2. The van der Waals surface area contributed by atoms with Gasteiger partial charge in [-0.25, -0.2) is 4.98 Å². The predicted molar refractivity (Wildman–Crippen MR) is 108 cm³/mol. The van der Waals surface area contributed by atoms with Crippen LogP contribution >= 0.6 is 11.6 Å². The number of aromatic nitrogens is 2. The molecule has 3 aromatic rings. The largest absolute Gasteiger partial charge is 0.509 e. The highest BCUT2D eigenvalue weighted by Crippen LogP contribution is 2.35. The van der Waals surface area contributed by atoms with Crippen LogP contribution in [-0.4, -0.2) is 34.1 Å². The van der Waals surface area contributed by atoms with Gasteiger partial charge in [-0.05, 0) is 37.3 Å². The van der Waals surface area contributed by atoms with E-state index in [1.807, 2.05) is 41.8 Å². The van der Waals surface area contributed by atoms with E-state index in [9.17, 15) is 5.11 Å². The maximum absolute atomic E-state index is 10.6. The number of halogens is 1. The lowest BCUT2D eigenvalue weighted by molar-refractivity contribution is 0.411. The number of aliphatic hydroxyl groups excluding tert-OH is 1. The first-order valence-electron chi connectivity index (χ1n) is 8.63. The zero-order valence-electron chi connectivity index (χ0n) is 15.0. The normalized spacial score (nSPS) is 14.5. The maximum Gasteiger partial charge on any atom is 0.148 e. The second-order valence-electron chi connectivity index (χ2n) is 6.24. The van der Waals surface area contributed by atoms with Crippen molar-refractivity contribution < 1.29 is 9.84 Å². The summed E-state index contributed by atoms with van der Waals surface area (Å²) in [6, 6.07) is 13.1. The van der Waals surface area contributed by atoms with Gasteiger partial charge in [0.05, 0.1) is 35.3 Å². The standard InChI is InChI=1S/C20H19ClN4O2/c1-3-24-15-7-5-4-6-14(15)23-20(24)18-16(26)11-25(19(18)22)12-8-9-17(27-2)13(21)10-12/h4-10,22,26H,3,11H2,1-2H3. The second-order valence-corrected chi connectivity index (χ2v) is 6.65. The number of ether oxygens (including phenoxy) is 1. The Hall–Kier alpha value is -2.99. The van der Waals surface area contributed by atoms with Gasteiger partial charge in [0.1, 0.15) is 23.2 Å². The molecule has 0 saturated carbocycles. The van der Waals surface area contributed by atoms with Gasteiger partial charge in [-0.2, -0.15) is 0 Å². The topological polar surface area (TPSA) is 74.4 Å². The fourth-order valence-electron chi connectivity index (χ4n) is 3.44. The Balaban J connectivity index is 1.76. The Morgan fingerprint density at radius 1 is 1.26 bits per heavy atom. The van der Waals surface area contributed by atoms with Crippen LogP contribution < -0.4 is 9.64 Å². The van der Waals surface area contributed by atoms with Crippen LogP contribution in [0.25, 0.3) is 16.6 Å². The summed E-state index contributed by atoms with van der Waals surface area (Å²) in [5.41, 5.74) is 2.98. The Kier molecular flexibility index (Phi) is 4.28. The quantitative estimate of drug-likeness (QED) is 0.697. The number of rotatable bonds is 4. The fourth-order valence-corrected chi connectivity index (χ4v) is 3.70. The third kappa shape index (κ3) is 2.73. The summed E-state index contributed by atoms with van der Waals surface area (Å²) in [4.78, 5) is 6.37. The molecule has 0 atom stereocenters. The number of nitrogens with one attached hydrogen (secondary N) is 1. The van der Waals surface area contributed by atoms with E-state index in [4.69, 9.17) is 21.7 Å². The van der Waals surface area contributed by atoms with Crippen LogP contribution in [0.5, 0.6) is 5.75 Å². The van der Waals surface area contributed by atoms with E-state index in [0.717, 1.165) is 11.0 Å². The van der Waals surface area contributed by atoms with E-state index in [1.165, 1.54) is 0 Å². The number of anilines is 1. The Morgan fingerprint density at radius 3 is 2.74 bits per heavy atom. The first kappa shape index (κ1) is 17.4. The molecule has 0 unspecified atom stereocenters. The van der Waals surface area contributed by atoms with Crippen molar-refractivity contribution in [3.05, 3.63) is 59.1 Å². The van der Waals surface area contributed by atoms with E-state index in [0.29, 0.717) is 34.4 Å². The lowest BCUT2D eigenvalue weighted by Crippen LogP contribution is -2.26. The third-order valence-corrected chi connectivity index (χ3v) is 5.04. The number of hydrogen-bond acceptors (Lipinski definition) is 4. The molecule has 1 aromatic heterocycles. The number of hydrogen-bond donors (Lipinski definition) is 2. The van der Waals surface area contributed by atoms with Gasteiger partial charge >= 0.3 is 0 Å². The molecule has 4 rings (SSSR count). The molecule has 2 aromatic carbocycles. The molecular weight excluding hydrogens is 364 g/mol. The number of fused-ring (bicyclic) bond motifs is 1. The maximum atomic E-state index is 10.6. The molecule has 1 aliphatic rings. The summed E-state index contributed by atoms with van der Waals surface area (Å²) >= 11 is 6.23. The molecular formula is C20H19ClN4O2. The van der Waals surface area contributed by atoms with Crippen molar-refractivity contribution in [1.82, 2.24) is 9.55 Å². The highest BCUT2D eigenvalue weighted by molar-refractivity contribution is 6.33. The van der Waals surface area contributed by atoms with Crippen LogP contribution in [-0.2, 0) is 6.54 Å². The second kappa shape index (κ2) is 6.63. The highest BCUT2D eigenvalue weighted by atomic mass is 35.5. The minimum absolute atomic E-state index is 0.122. The smallest absolute Gasteiger partial charge is 0.148 e. The van der Waals surface area contributed by atoms with Crippen molar-refractivity contribution in [3.63, 3.8) is 0 Å². The Bertz CT molecular complexity index is 1090. The lowest BCUT2D eigenvalue weighted by Gasteiger charge is -2.19. The first-order chi connectivity index (χ1) is 13.0. The van der Waals surface area contributed by atoms with Crippen LogP contribution in [0, 0.1) is 5.41 Å². The fraction of sp³-hybridized carbons (Fsp3) is 0.200. The average Bonchev–Trinajstić information content (AvgIpc) is 3.17. The van der Waals surface area contributed by atoms with Crippen LogP contribution in [0.4, 0.5) is 5.69 Å². The number of amidine groups is 1. The number of para-hydroxylation sites is 2. The summed E-state index contributed by atoms with van der Waals surface area (Å²) in [6.45, 7) is 2.91. The van der Waals surface area contributed by atoms with E-state index >= 15 is 0 Å². The van der Waals surface area contributed by atoms with Gasteiger partial charge in [0.15, 0.2) is 0 Å². The summed E-state index contributed by atoms with van der Waals surface area (Å²) < 4.78 is 7.20. The van der Waals surface area contributed by atoms with Gasteiger partial charge in [0, 0.05) is 12.2 Å². The van der Waals surface area contributed by atoms with Crippen molar-refractivity contribution >= 4 is 39.7 Å². The summed E-state index contributed by atoms with van der Waals surface area (Å²) in [7, 11) is 1.56. The molecule has 0 radical (unpaired) electrons. The van der Waals surface area contributed by atoms with Crippen molar-refractivity contribution in [1.29, 1.82) is 5.41 Å². The number of methoxy groups -OCH3 is 1. The number of imidazole rings is 1. The summed E-state index contributed by atoms with van der Waals surface area (Å²) in [5, 5.41) is 19.8. The first-order valence-corrected chi connectivity index (χ1v) is 9.00. The molecule has 7 heteroatoms. The van der Waals surface area contributed by atoms with Crippen LogP contribution in [0.1, 0.15) is 12.7 Å².